The van der Waals surface area contributed by atoms with Crippen LogP contribution in [0.4, 0.5) is 5.69 Å². The molecule has 0 atom stereocenters. The normalized spacial score (nSPS) is 11.3. The Kier molecular flexibility index (Phi) is 3.85. The zero-order valence-corrected chi connectivity index (χ0v) is 11.8. The van der Waals surface area contributed by atoms with Gasteiger partial charge in [-0.25, -0.2) is 4.98 Å². The Morgan fingerprint density at radius 2 is 2.05 bits per heavy atom. The van der Waals surface area contributed by atoms with Crippen molar-refractivity contribution < 1.29 is 4.79 Å². The molecule has 1 heterocycles. The number of hydrogen-bond acceptors (Lipinski definition) is 4. The maximum atomic E-state index is 12.0. The van der Waals surface area contributed by atoms with Crippen LogP contribution in [0, 0.1) is 0 Å². The molecule has 4 nitrogen and oxygen atoms in total. The second-order valence-electron chi connectivity index (χ2n) is 4.93. The highest BCUT2D eigenvalue weighted by Gasteiger charge is 2.25. The number of carbonyl (C=O) groups is 1. The number of rotatable bonds is 4. The van der Waals surface area contributed by atoms with E-state index >= 15 is 0 Å². The summed E-state index contributed by atoms with van der Waals surface area (Å²) in [6.45, 7) is 3.90. The molecular formula is C14H17N3OS. The van der Waals surface area contributed by atoms with Crippen LogP contribution in [0.15, 0.2) is 35.8 Å². The Bertz CT molecular complexity index is 547. The lowest BCUT2D eigenvalue weighted by Gasteiger charge is -2.23. The van der Waals surface area contributed by atoms with Gasteiger partial charge < -0.3 is 11.1 Å². The predicted octanol–water partition coefficient (Wildman–Crippen LogP) is 2.32. The first-order valence-corrected chi connectivity index (χ1v) is 6.91. The molecule has 0 aliphatic rings. The minimum atomic E-state index is -0.445. The van der Waals surface area contributed by atoms with Crippen LogP contribution in [0.2, 0.25) is 0 Å². The van der Waals surface area contributed by atoms with Gasteiger partial charge in [0.05, 0.1) is 12.0 Å². The van der Waals surface area contributed by atoms with E-state index in [1.54, 1.807) is 18.3 Å². The van der Waals surface area contributed by atoms with Gasteiger partial charge in [0.15, 0.2) is 0 Å². The number of aromatic nitrogens is 1. The minimum absolute atomic E-state index is 0.0232. The number of nitrogens with zero attached hydrogens (tertiary/aromatic N) is 1. The van der Waals surface area contributed by atoms with Crippen molar-refractivity contribution >= 4 is 22.9 Å². The van der Waals surface area contributed by atoms with E-state index in [-0.39, 0.29) is 5.91 Å². The summed E-state index contributed by atoms with van der Waals surface area (Å²) in [4.78, 5) is 16.3. The van der Waals surface area contributed by atoms with Crippen LogP contribution in [0.1, 0.15) is 24.4 Å². The zero-order valence-electron chi connectivity index (χ0n) is 11.0. The van der Waals surface area contributed by atoms with Crippen molar-refractivity contribution in [1.82, 2.24) is 10.3 Å². The summed E-state index contributed by atoms with van der Waals surface area (Å²) in [5, 5.41) is 5.81. The van der Waals surface area contributed by atoms with Crippen molar-refractivity contribution in [2.45, 2.75) is 25.8 Å². The molecule has 0 saturated heterocycles. The number of benzene rings is 1. The first-order chi connectivity index (χ1) is 8.97. The summed E-state index contributed by atoms with van der Waals surface area (Å²) in [6.07, 6.45) is 2.09. The molecule has 0 spiro atoms. The summed E-state index contributed by atoms with van der Waals surface area (Å²) in [5.41, 5.74) is 6.82. The van der Waals surface area contributed by atoms with E-state index in [9.17, 15) is 4.79 Å². The number of nitrogens with one attached hydrogen (secondary N) is 1. The van der Waals surface area contributed by atoms with Crippen LogP contribution in [0.3, 0.4) is 0 Å². The molecule has 3 N–H and O–H groups in total. The van der Waals surface area contributed by atoms with Crippen LogP contribution in [-0.4, -0.2) is 10.9 Å². The number of carbonyl (C=O) groups excluding carboxylic acids is 1. The number of hydrogen-bond donors (Lipinski definition) is 2. The molecule has 0 bridgehead atoms. The molecule has 0 radical (unpaired) electrons. The first-order valence-electron chi connectivity index (χ1n) is 6.03. The molecule has 0 saturated carbocycles. The summed E-state index contributed by atoms with van der Waals surface area (Å²) >= 11 is 1.54. The fourth-order valence-electron chi connectivity index (χ4n) is 1.80. The maximum Gasteiger partial charge on any atom is 0.225 e. The molecule has 100 valence electrons. The number of amides is 1. The summed E-state index contributed by atoms with van der Waals surface area (Å²) in [7, 11) is 0. The van der Waals surface area contributed by atoms with E-state index in [1.807, 2.05) is 31.4 Å². The van der Waals surface area contributed by atoms with Crippen LogP contribution in [0.5, 0.6) is 0 Å². The molecule has 1 aromatic carbocycles. The predicted molar refractivity (Wildman–Crippen MR) is 77.8 cm³/mol. The molecule has 0 unspecified atom stereocenters. The molecular weight excluding hydrogens is 258 g/mol. The van der Waals surface area contributed by atoms with Crippen molar-refractivity contribution in [3.05, 3.63) is 46.4 Å². The van der Waals surface area contributed by atoms with E-state index in [4.69, 9.17) is 5.73 Å². The van der Waals surface area contributed by atoms with Gasteiger partial charge in [-0.1, -0.05) is 12.1 Å². The Hall–Kier alpha value is -1.88. The van der Waals surface area contributed by atoms with Gasteiger partial charge in [0, 0.05) is 17.3 Å². The topological polar surface area (TPSA) is 68.0 Å². The Labute approximate surface area is 116 Å². The average Bonchev–Trinajstić information content (AvgIpc) is 2.85. The van der Waals surface area contributed by atoms with Crippen molar-refractivity contribution in [2.24, 2.45) is 0 Å². The van der Waals surface area contributed by atoms with Crippen molar-refractivity contribution in [1.29, 1.82) is 0 Å². The Morgan fingerprint density at radius 1 is 1.37 bits per heavy atom. The smallest absolute Gasteiger partial charge is 0.225 e. The van der Waals surface area contributed by atoms with Gasteiger partial charge in [0.1, 0.15) is 5.01 Å². The minimum Gasteiger partial charge on any atom is -0.399 e. The lowest BCUT2D eigenvalue weighted by atomic mass is 10.1. The largest absolute Gasteiger partial charge is 0.399 e. The number of nitrogens with two attached hydrogens (primary N) is 1. The van der Waals surface area contributed by atoms with E-state index in [0.29, 0.717) is 12.1 Å². The molecule has 5 heteroatoms. The lowest BCUT2D eigenvalue weighted by molar-refractivity contribution is -0.122. The third kappa shape index (κ3) is 3.54. The summed E-state index contributed by atoms with van der Waals surface area (Å²) < 4.78 is 0. The second kappa shape index (κ2) is 5.40. The van der Waals surface area contributed by atoms with E-state index in [1.165, 1.54) is 11.3 Å². The Morgan fingerprint density at radius 3 is 2.63 bits per heavy atom. The van der Waals surface area contributed by atoms with Gasteiger partial charge in [0.2, 0.25) is 5.91 Å². The fourth-order valence-corrected chi connectivity index (χ4v) is 2.52. The fraction of sp³-hybridized carbons (Fsp3) is 0.286. The maximum absolute atomic E-state index is 12.0. The standard InChI is InChI=1S/C14H17N3OS/c1-14(2,13-16-7-8-19-13)17-12(18)9-10-3-5-11(15)6-4-10/h3-8H,9,15H2,1-2H3,(H,17,18). The molecule has 19 heavy (non-hydrogen) atoms. The highest BCUT2D eigenvalue weighted by atomic mass is 32.1. The van der Waals surface area contributed by atoms with E-state index in [2.05, 4.69) is 10.3 Å². The van der Waals surface area contributed by atoms with Gasteiger partial charge >= 0.3 is 0 Å². The quantitative estimate of drug-likeness (QED) is 0.841. The third-order valence-electron chi connectivity index (χ3n) is 2.76. The number of thiazole rings is 1. The van der Waals surface area contributed by atoms with E-state index in [0.717, 1.165) is 10.6 Å². The molecule has 0 aliphatic carbocycles. The second-order valence-corrected chi connectivity index (χ2v) is 5.82. The molecule has 0 aliphatic heterocycles. The monoisotopic (exact) mass is 275 g/mol. The van der Waals surface area contributed by atoms with Crippen molar-refractivity contribution in [3.63, 3.8) is 0 Å². The Balaban J connectivity index is 2.00. The molecule has 2 aromatic rings. The number of nitrogen functional groups attached to an aromatic ring is 1. The highest BCUT2D eigenvalue weighted by molar-refractivity contribution is 7.09. The molecule has 1 amide bonds. The summed E-state index contributed by atoms with van der Waals surface area (Å²) in [5.74, 6) is -0.0232. The van der Waals surface area contributed by atoms with Crippen LogP contribution in [-0.2, 0) is 16.8 Å². The zero-order chi connectivity index (χ0) is 13.9. The van der Waals surface area contributed by atoms with Gasteiger partial charge in [0.25, 0.3) is 0 Å². The van der Waals surface area contributed by atoms with Gasteiger partial charge in [-0.15, -0.1) is 11.3 Å². The van der Waals surface area contributed by atoms with Gasteiger partial charge in [-0.05, 0) is 31.5 Å². The van der Waals surface area contributed by atoms with Crippen molar-refractivity contribution in [3.8, 4) is 0 Å². The van der Waals surface area contributed by atoms with E-state index < -0.39 is 5.54 Å². The van der Waals surface area contributed by atoms with Gasteiger partial charge in [-0.2, -0.15) is 0 Å². The van der Waals surface area contributed by atoms with Crippen LogP contribution in [0.25, 0.3) is 0 Å². The lowest BCUT2D eigenvalue weighted by Crippen LogP contribution is -2.41. The molecule has 0 fully saturated rings. The van der Waals surface area contributed by atoms with Crippen LogP contribution < -0.4 is 11.1 Å². The first kappa shape index (κ1) is 13.5. The summed E-state index contributed by atoms with van der Waals surface area (Å²) in [6, 6.07) is 7.33. The molecule has 2 rings (SSSR count). The van der Waals surface area contributed by atoms with Gasteiger partial charge in [-0.3, -0.25) is 4.79 Å². The SMILES string of the molecule is CC(C)(NC(=O)Cc1ccc(N)cc1)c1nccs1. The van der Waals surface area contributed by atoms with Crippen molar-refractivity contribution in [2.75, 3.05) is 5.73 Å². The average molecular weight is 275 g/mol. The third-order valence-corrected chi connectivity index (χ3v) is 3.86. The van der Waals surface area contributed by atoms with Crippen LogP contribution >= 0.6 is 11.3 Å². The molecule has 1 aromatic heterocycles. The highest BCUT2D eigenvalue weighted by Crippen LogP contribution is 2.22. The number of anilines is 1.